The molecule has 0 aliphatic heterocycles. The molecule has 0 saturated heterocycles. The second kappa shape index (κ2) is 2.28. The van der Waals surface area contributed by atoms with Crippen LogP contribution in [0.5, 0.6) is 11.5 Å². The van der Waals surface area contributed by atoms with Crippen LogP contribution < -0.4 is 0 Å². The van der Waals surface area contributed by atoms with Crippen LogP contribution in [0.15, 0.2) is 18.2 Å². The van der Waals surface area contributed by atoms with Gasteiger partial charge in [0.25, 0.3) is 0 Å². The lowest BCUT2D eigenvalue weighted by molar-refractivity contribution is 0.447. The fraction of sp³-hybridized carbons (Fsp3) is 0. The van der Waals surface area contributed by atoms with Gasteiger partial charge in [0.15, 0.2) is 0 Å². The first-order valence-electron chi connectivity index (χ1n) is 2.66. The first kappa shape index (κ1) is 6.43. The van der Waals surface area contributed by atoms with Crippen LogP contribution in [0.3, 0.4) is 0 Å². The number of nitrogens with zero attached hydrogens (tertiary/aromatic N) is 1. The quantitative estimate of drug-likeness (QED) is 0.557. The van der Waals surface area contributed by atoms with Gasteiger partial charge in [0.1, 0.15) is 23.1 Å². The summed E-state index contributed by atoms with van der Waals surface area (Å²) >= 11 is 0. The van der Waals surface area contributed by atoms with Gasteiger partial charge in [-0.2, -0.15) is 5.26 Å². The van der Waals surface area contributed by atoms with E-state index in [4.69, 9.17) is 15.5 Å². The number of nitriles is 1. The second-order valence-corrected chi connectivity index (χ2v) is 1.78. The molecule has 3 nitrogen and oxygen atoms in total. The summed E-state index contributed by atoms with van der Waals surface area (Å²) in [5.41, 5.74) is -0.0810. The Kier molecular flexibility index (Phi) is 1.46. The molecule has 1 rings (SSSR count). The van der Waals surface area contributed by atoms with E-state index in [9.17, 15) is 0 Å². The van der Waals surface area contributed by atoms with Crippen LogP contribution in [0.4, 0.5) is 0 Å². The van der Waals surface area contributed by atoms with E-state index in [-0.39, 0.29) is 17.1 Å². The van der Waals surface area contributed by atoms with Crippen molar-refractivity contribution in [3.8, 4) is 17.6 Å². The van der Waals surface area contributed by atoms with E-state index < -0.39 is 0 Å². The van der Waals surface area contributed by atoms with Gasteiger partial charge in [0.05, 0.1) is 0 Å². The highest BCUT2D eigenvalue weighted by Crippen LogP contribution is 2.24. The number of phenolic OH excluding ortho intramolecular Hbond substituents is 2. The number of aromatic hydroxyl groups is 2. The van der Waals surface area contributed by atoms with E-state index in [1.807, 2.05) is 0 Å². The van der Waals surface area contributed by atoms with Gasteiger partial charge >= 0.3 is 0 Å². The molecular formula is C7H5NO2. The third kappa shape index (κ3) is 0.869. The molecule has 0 amide bonds. The van der Waals surface area contributed by atoms with Crippen molar-refractivity contribution in [2.75, 3.05) is 0 Å². The Hall–Kier alpha value is -1.69. The highest BCUT2D eigenvalue weighted by Gasteiger charge is 2.03. The minimum Gasteiger partial charge on any atom is -0.506 e. The average molecular weight is 135 g/mol. The molecule has 2 N–H and O–H groups in total. The average Bonchev–Trinajstić information content (AvgIpc) is 1.88. The summed E-state index contributed by atoms with van der Waals surface area (Å²) < 4.78 is 0. The van der Waals surface area contributed by atoms with Gasteiger partial charge in [-0.15, -0.1) is 0 Å². The molecule has 1 aromatic rings. The topological polar surface area (TPSA) is 64.2 Å². The first-order chi connectivity index (χ1) is 4.75. The molecule has 3 heteroatoms. The Morgan fingerprint density at radius 2 is 1.70 bits per heavy atom. The maximum Gasteiger partial charge on any atom is 0.137 e. The summed E-state index contributed by atoms with van der Waals surface area (Å²) in [6.45, 7) is 0. The molecule has 0 unspecified atom stereocenters. The van der Waals surface area contributed by atoms with Crippen LogP contribution >= 0.6 is 0 Å². The standard InChI is InChI=1S/C7H5NO2/c8-4-5-6(9)2-1-3-7(5)10/h1-3,9-10H. The summed E-state index contributed by atoms with van der Waals surface area (Å²) in [5.74, 6) is -0.384. The number of hydrogen-bond acceptors (Lipinski definition) is 3. The van der Waals surface area contributed by atoms with Crippen LogP contribution in [0.2, 0.25) is 0 Å². The highest BCUT2D eigenvalue weighted by atomic mass is 16.3. The molecule has 0 heterocycles. The van der Waals surface area contributed by atoms with Gasteiger partial charge in [0, 0.05) is 0 Å². The van der Waals surface area contributed by atoms with E-state index >= 15 is 0 Å². The zero-order chi connectivity index (χ0) is 7.56. The third-order valence-corrected chi connectivity index (χ3v) is 1.13. The molecule has 0 aliphatic carbocycles. The molecule has 1 aromatic carbocycles. The van der Waals surface area contributed by atoms with Gasteiger partial charge in [-0.05, 0) is 12.1 Å². The second-order valence-electron chi connectivity index (χ2n) is 1.78. The summed E-state index contributed by atoms with van der Waals surface area (Å²) in [4.78, 5) is 0. The molecule has 0 radical (unpaired) electrons. The molecule has 0 aromatic heterocycles. The summed E-state index contributed by atoms with van der Waals surface area (Å²) in [6, 6.07) is 5.82. The van der Waals surface area contributed by atoms with Crippen molar-refractivity contribution in [2.45, 2.75) is 0 Å². The molecule has 0 atom stereocenters. The van der Waals surface area contributed by atoms with Crippen molar-refractivity contribution >= 4 is 0 Å². The number of phenols is 2. The zero-order valence-electron chi connectivity index (χ0n) is 5.07. The summed E-state index contributed by atoms with van der Waals surface area (Å²) in [5, 5.41) is 26.1. The normalized spacial score (nSPS) is 8.70. The predicted octanol–water partition coefficient (Wildman–Crippen LogP) is 0.969. The van der Waals surface area contributed by atoms with Crippen LogP contribution in [-0.2, 0) is 0 Å². The fourth-order valence-corrected chi connectivity index (χ4v) is 0.643. The Morgan fingerprint density at radius 3 is 2.00 bits per heavy atom. The highest BCUT2D eigenvalue weighted by molar-refractivity contribution is 5.50. The van der Waals surface area contributed by atoms with E-state index in [1.165, 1.54) is 18.2 Å². The number of benzene rings is 1. The van der Waals surface area contributed by atoms with Crippen LogP contribution in [-0.4, -0.2) is 10.2 Å². The molecule has 0 saturated carbocycles. The Labute approximate surface area is 57.8 Å². The van der Waals surface area contributed by atoms with Gasteiger partial charge in [-0.25, -0.2) is 0 Å². The van der Waals surface area contributed by atoms with E-state index in [2.05, 4.69) is 0 Å². The molecule has 50 valence electrons. The number of hydrogen-bond donors (Lipinski definition) is 2. The zero-order valence-corrected chi connectivity index (χ0v) is 5.07. The van der Waals surface area contributed by atoms with Crippen molar-refractivity contribution in [2.24, 2.45) is 0 Å². The van der Waals surface area contributed by atoms with Crippen molar-refractivity contribution in [1.29, 1.82) is 5.26 Å². The smallest absolute Gasteiger partial charge is 0.137 e. The van der Waals surface area contributed by atoms with Gasteiger partial charge in [-0.1, -0.05) is 6.07 Å². The Balaban J connectivity index is 3.34. The van der Waals surface area contributed by atoms with Crippen molar-refractivity contribution < 1.29 is 10.2 Å². The van der Waals surface area contributed by atoms with Crippen LogP contribution in [0.1, 0.15) is 5.56 Å². The molecule has 0 bridgehead atoms. The van der Waals surface area contributed by atoms with Crippen molar-refractivity contribution in [3.63, 3.8) is 0 Å². The molecule has 10 heavy (non-hydrogen) atoms. The lowest BCUT2D eigenvalue weighted by Gasteiger charge is -1.95. The van der Waals surface area contributed by atoms with E-state index in [0.717, 1.165) is 0 Å². The maximum atomic E-state index is 8.91. The predicted molar refractivity (Wildman–Crippen MR) is 34.5 cm³/mol. The van der Waals surface area contributed by atoms with E-state index in [1.54, 1.807) is 6.07 Å². The lowest BCUT2D eigenvalue weighted by atomic mass is 10.2. The molecular weight excluding hydrogens is 130 g/mol. The Morgan fingerprint density at radius 1 is 1.20 bits per heavy atom. The van der Waals surface area contributed by atoms with Crippen molar-refractivity contribution in [1.82, 2.24) is 0 Å². The summed E-state index contributed by atoms with van der Waals surface area (Å²) in [7, 11) is 0. The molecule has 0 spiro atoms. The van der Waals surface area contributed by atoms with E-state index in [0.29, 0.717) is 0 Å². The largest absolute Gasteiger partial charge is 0.506 e. The molecule has 0 aliphatic rings. The third-order valence-electron chi connectivity index (χ3n) is 1.13. The van der Waals surface area contributed by atoms with Crippen LogP contribution in [0, 0.1) is 11.3 Å². The van der Waals surface area contributed by atoms with Gasteiger partial charge in [-0.3, -0.25) is 0 Å². The maximum absolute atomic E-state index is 8.91. The van der Waals surface area contributed by atoms with Crippen LogP contribution in [0.25, 0.3) is 0 Å². The first-order valence-corrected chi connectivity index (χ1v) is 2.66. The SMILES string of the molecule is N#Cc1c(O)cccc1O. The van der Waals surface area contributed by atoms with Crippen molar-refractivity contribution in [3.05, 3.63) is 23.8 Å². The lowest BCUT2D eigenvalue weighted by Crippen LogP contribution is -1.75. The fourth-order valence-electron chi connectivity index (χ4n) is 0.643. The molecule has 0 fully saturated rings. The Bertz CT molecular complexity index is 268. The minimum atomic E-state index is -0.192. The minimum absolute atomic E-state index is 0.0810. The van der Waals surface area contributed by atoms with Gasteiger partial charge in [0.2, 0.25) is 0 Å². The summed E-state index contributed by atoms with van der Waals surface area (Å²) in [6.07, 6.45) is 0. The monoisotopic (exact) mass is 135 g/mol. The number of rotatable bonds is 0. The van der Waals surface area contributed by atoms with Gasteiger partial charge < -0.3 is 10.2 Å².